The second-order valence-corrected chi connectivity index (χ2v) is 6.20. The Morgan fingerprint density at radius 2 is 1.96 bits per heavy atom. The van der Waals surface area contributed by atoms with Crippen molar-refractivity contribution in [3.63, 3.8) is 0 Å². The molecule has 0 radical (unpaired) electrons. The molecule has 1 fully saturated rings. The minimum atomic E-state index is -1.53. The lowest BCUT2D eigenvalue weighted by Crippen LogP contribution is -2.56. The van der Waals surface area contributed by atoms with Crippen LogP contribution in [0.1, 0.15) is 30.1 Å². The number of hydrogen-bond acceptors (Lipinski definition) is 8. The van der Waals surface area contributed by atoms with Gasteiger partial charge in [-0.05, 0) is 28.8 Å². The maximum Gasteiger partial charge on any atom is 0.199 e. The van der Waals surface area contributed by atoms with Gasteiger partial charge < -0.3 is 25.2 Å². The molecule has 0 unspecified atom stereocenters. The average Bonchev–Trinajstić information content (AvgIpc) is 3.08. The number of aromatic nitrogens is 4. The van der Waals surface area contributed by atoms with E-state index in [-0.39, 0.29) is 18.1 Å². The highest BCUT2D eigenvalue weighted by Crippen LogP contribution is 2.27. The SMILES string of the molecule is CCc1ccc(Cc2nnn([C@@H]3O[C@H](CO)[C@@H](O)[C@H](O)[C@H]3O)n2)cc1F. The summed E-state index contributed by atoms with van der Waals surface area (Å²) in [5, 5.41) is 50.7. The van der Waals surface area contributed by atoms with Crippen molar-refractivity contribution in [1.82, 2.24) is 20.2 Å². The summed E-state index contributed by atoms with van der Waals surface area (Å²) >= 11 is 0. The van der Waals surface area contributed by atoms with Crippen LogP contribution < -0.4 is 0 Å². The molecular weight excluding hydrogens is 347 g/mol. The highest BCUT2D eigenvalue weighted by molar-refractivity contribution is 5.26. The monoisotopic (exact) mass is 368 g/mol. The van der Waals surface area contributed by atoms with Gasteiger partial charge in [-0.2, -0.15) is 0 Å². The number of tetrazole rings is 1. The Labute approximate surface area is 148 Å². The topological polar surface area (TPSA) is 134 Å². The predicted molar refractivity (Wildman–Crippen MR) is 85.4 cm³/mol. The Hall–Kier alpha value is -1.98. The second-order valence-electron chi connectivity index (χ2n) is 6.20. The van der Waals surface area contributed by atoms with Gasteiger partial charge in [-0.3, -0.25) is 0 Å². The molecule has 0 amide bonds. The van der Waals surface area contributed by atoms with Crippen molar-refractivity contribution in [3.8, 4) is 0 Å². The zero-order valence-corrected chi connectivity index (χ0v) is 14.1. The fraction of sp³-hybridized carbons (Fsp3) is 0.562. The molecule has 1 aliphatic rings. The van der Waals surface area contributed by atoms with E-state index in [0.29, 0.717) is 17.5 Å². The van der Waals surface area contributed by atoms with Crippen LogP contribution in [0, 0.1) is 5.82 Å². The summed E-state index contributed by atoms with van der Waals surface area (Å²) in [5.74, 6) is -0.0306. The van der Waals surface area contributed by atoms with Gasteiger partial charge in [-0.1, -0.05) is 19.1 Å². The predicted octanol–water partition coefficient (Wildman–Crippen LogP) is -1.06. The van der Waals surface area contributed by atoms with E-state index < -0.39 is 37.3 Å². The summed E-state index contributed by atoms with van der Waals surface area (Å²) in [4.78, 5) is 0.967. The third kappa shape index (κ3) is 3.60. The Kier molecular flexibility index (Phi) is 5.58. The Bertz CT molecular complexity index is 756. The van der Waals surface area contributed by atoms with Crippen LogP contribution in [0.3, 0.4) is 0 Å². The lowest BCUT2D eigenvalue weighted by atomic mass is 9.99. The lowest BCUT2D eigenvalue weighted by Gasteiger charge is -2.38. The molecule has 4 N–H and O–H groups in total. The van der Waals surface area contributed by atoms with E-state index in [1.165, 1.54) is 6.07 Å². The van der Waals surface area contributed by atoms with Crippen molar-refractivity contribution in [3.05, 3.63) is 41.0 Å². The van der Waals surface area contributed by atoms with Gasteiger partial charge in [0.05, 0.1) is 6.61 Å². The normalized spacial score (nSPS) is 29.1. The zero-order valence-electron chi connectivity index (χ0n) is 14.1. The highest BCUT2D eigenvalue weighted by Gasteiger charge is 2.45. The van der Waals surface area contributed by atoms with Gasteiger partial charge in [0.1, 0.15) is 30.2 Å². The molecule has 1 saturated heterocycles. The summed E-state index contributed by atoms with van der Waals surface area (Å²) in [6, 6.07) is 4.89. The molecule has 1 aliphatic heterocycles. The van der Waals surface area contributed by atoms with Crippen LogP contribution in [-0.4, -0.2) is 71.7 Å². The van der Waals surface area contributed by atoms with Gasteiger partial charge in [0.2, 0.25) is 0 Å². The molecule has 0 spiro atoms. The highest BCUT2D eigenvalue weighted by atomic mass is 19.1. The third-order valence-corrected chi connectivity index (χ3v) is 4.42. The van der Waals surface area contributed by atoms with Gasteiger partial charge in [-0.25, -0.2) is 4.39 Å². The number of aliphatic hydroxyl groups is 4. The fourth-order valence-corrected chi connectivity index (χ4v) is 2.88. The average molecular weight is 368 g/mol. The molecule has 1 aromatic carbocycles. The number of halogens is 1. The molecule has 2 aromatic rings. The molecule has 3 rings (SSSR count). The van der Waals surface area contributed by atoms with Crippen LogP contribution in [0.4, 0.5) is 4.39 Å². The number of rotatable bonds is 5. The number of aliphatic hydroxyl groups excluding tert-OH is 4. The largest absolute Gasteiger partial charge is 0.394 e. The lowest BCUT2D eigenvalue weighted by molar-refractivity contribution is -0.257. The summed E-state index contributed by atoms with van der Waals surface area (Å²) in [6.45, 7) is 1.32. The van der Waals surface area contributed by atoms with E-state index in [4.69, 9.17) is 4.74 Å². The van der Waals surface area contributed by atoms with Gasteiger partial charge >= 0.3 is 0 Å². The fourth-order valence-electron chi connectivity index (χ4n) is 2.88. The van der Waals surface area contributed by atoms with Crippen molar-refractivity contribution < 1.29 is 29.6 Å². The van der Waals surface area contributed by atoms with Crippen LogP contribution in [0.5, 0.6) is 0 Å². The number of hydrogen-bond donors (Lipinski definition) is 4. The summed E-state index contributed by atoms with van der Waals surface area (Å²) in [7, 11) is 0. The third-order valence-electron chi connectivity index (χ3n) is 4.42. The first-order valence-electron chi connectivity index (χ1n) is 8.30. The summed E-state index contributed by atoms with van der Waals surface area (Å²) < 4.78 is 19.2. The molecule has 9 nitrogen and oxygen atoms in total. The first-order valence-corrected chi connectivity index (χ1v) is 8.30. The maximum atomic E-state index is 13.9. The molecule has 1 aromatic heterocycles. The first-order chi connectivity index (χ1) is 12.4. The van der Waals surface area contributed by atoms with Crippen LogP contribution in [0.2, 0.25) is 0 Å². The minimum absolute atomic E-state index is 0.221. The van der Waals surface area contributed by atoms with Crippen molar-refractivity contribution >= 4 is 0 Å². The number of benzene rings is 1. The van der Waals surface area contributed by atoms with Gasteiger partial charge in [0, 0.05) is 6.42 Å². The number of nitrogens with zero attached hydrogens (tertiary/aromatic N) is 4. The zero-order chi connectivity index (χ0) is 18.8. The summed E-state index contributed by atoms with van der Waals surface area (Å²) in [5.41, 5.74) is 1.28. The molecule has 10 heteroatoms. The second kappa shape index (κ2) is 7.72. The molecule has 0 aliphatic carbocycles. The molecular formula is C16H21FN4O5. The molecule has 0 saturated carbocycles. The molecule has 5 atom stereocenters. The quantitative estimate of drug-likeness (QED) is 0.525. The van der Waals surface area contributed by atoms with E-state index in [1.807, 2.05) is 6.92 Å². The number of ether oxygens (including phenoxy) is 1. The first kappa shape index (κ1) is 18.8. The van der Waals surface area contributed by atoms with Crippen LogP contribution in [-0.2, 0) is 17.6 Å². The van der Waals surface area contributed by atoms with Crippen LogP contribution in [0.25, 0.3) is 0 Å². The van der Waals surface area contributed by atoms with E-state index in [9.17, 15) is 24.8 Å². The van der Waals surface area contributed by atoms with Gasteiger partial charge in [-0.15, -0.1) is 15.0 Å². The maximum absolute atomic E-state index is 13.9. The Morgan fingerprint density at radius 3 is 2.62 bits per heavy atom. The van der Waals surface area contributed by atoms with Gasteiger partial charge in [0.25, 0.3) is 0 Å². The van der Waals surface area contributed by atoms with E-state index in [2.05, 4.69) is 15.4 Å². The van der Waals surface area contributed by atoms with Crippen LogP contribution >= 0.6 is 0 Å². The van der Waals surface area contributed by atoms with Crippen LogP contribution in [0.15, 0.2) is 18.2 Å². The standard InChI is InChI=1S/C16H21FN4O5/c1-2-9-4-3-8(5-10(9)17)6-12-18-20-21(19-12)16-15(25)14(24)13(23)11(7-22)26-16/h3-5,11,13-16,22-25H,2,6-7H2,1H3/t11-,13-,14+,15-,16-/m1/s1. The van der Waals surface area contributed by atoms with Crippen molar-refractivity contribution in [2.24, 2.45) is 0 Å². The summed E-state index contributed by atoms with van der Waals surface area (Å²) in [6.07, 6.45) is -5.97. The molecule has 0 bridgehead atoms. The smallest absolute Gasteiger partial charge is 0.199 e. The van der Waals surface area contributed by atoms with Crippen molar-refractivity contribution in [2.75, 3.05) is 6.61 Å². The van der Waals surface area contributed by atoms with Gasteiger partial charge in [0.15, 0.2) is 12.1 Å². The van der Waals surface area contributed by atoms with Crippen molar-refractivity contribution in [2.45, 2.75) is 50.4 Å². The van der Waals surface area contributed by atoms with Crippen molar-refractivity contribution in [1.29, 1.82) is 0 Å². The number of aryl methyl sites for hydroxylation is 1. The molecule has 2 heterocycles. The Balaban J connectivity index is 1.76. The minimum Gasteiger partial charge on any atom is -0.394 e. The van der Waals surface area contributed by atoms with E-state index in [1.54, 1.807) is 12.1 Å². The molecule has 142 valence electrons. The Morgan fingerprint density at radius 1 is 1.19 bits per heavy atom. The molecule has 26 heavy (non-hydrogen) atoms. The van der Waals surface area contributed by atoms with E-state index in [0.717, 1.165) is 4.80 Å². The van der Waals surface area contributed by atoms with E-state index >= 15 is 0 Å².